The highest BCUT2D eigenvalue weighted by Crippen LogP contribution is 2.31. The number of amidine groups is 1. The van der Waals surface area contributed by atoms with Gasteiger partial charge >= 0.3 is 0 Å². The van der Waals surface area contributed by atoms with Crippen LogP contribution in [0.5, 0.6) is 0 Å². The maximum absolute atomic E-state index is 12.3. The van der Waals surface area contributed by atoms with Gasteiger partial charge in [0.05, 0.1) is 28.2 Å². The fourth-order valence-electron chi connectivity index (χ4n) is 2.93. The lowest BCUT2D eigenvalue weighted by Crippen LogP contribution is -2.27. The van der Waals surface area contributed by atoms with E-state index in [9.17, 15) is 9.59 Å². The van der Waals surface area contributed by atoms with Crippen LogP contribution < -0.4 is 10.6 Å². The first-order chi connectivity index (χ1) is 14.9. The minimum Gasteiger partial charge on any atom is -0.333 e. The molecule has 8 nitrogen and oxygen atoms in total. The molecule has 1 aliphatic rings. The Morgan fingerprint density at radius 2 is 2.06 bits per heavy atom. The summed E-state index contributed by atoms with van der Waals surface area (Å²) >= 11 is 4.76. The lowest BCUT2D eigenvalue weighted by molar-refractivity contribution is -0.117. The van der Waals surface area contributed by atoms with E-state index in [0.29, 0.717) is 16.0 Å². The number of imidazole rings is 1. The van der Waals surface area contributed by atoms with Crippen LogP contribution in [0.25, 0.3) is 17.1 Å². The van der Waals surface area contributed by atoms with Crippen molar-refractivity contribution in [1.29, 1.82) is 0 Å². The molecule has 0 bridgehead atoms. The summed E-state index contributed by atoms with van der Waals surface area (Å²) in [6.07, 6.45) is 1.79. The molecule has 2 amide bonds. The second-order valence-electron chi connectivity index (χ2n) is 7.09. The van der Waals surface area contributed by atoms with Gasteiger partial charge < -0.3 is 15.2 Å². The van der Waals surface area contributed by atoms with Gasteiger partial charge in [-0.2, -0.15) is 4.99 Å². The molecule has 3 aromatic rings. The van der Waals surface area contributed by atoms with Gasteiger partial charge in [-0.25, -0.2) is 4.98 Å². The third-order valence-electron chi connectivity index (χ3n) is 4.26. The highest BCUT2D eigenvalue weighted by atomic mass is 79.9. The standard InChI is InChI=1S/C21H19BrN6O2S/c1-28(2)11-18(29)26-20-23-15-8-7-12(9-16(15)24-20)10-17-19(30)27-21(31-17)25-14-6-4-3-5-13(14)22/h3-10H,11H2,1-2H3,(H,25,27,30)(H2,23,24,26,29)/b17-10-. The number of fused-ring (bicyclic) bond motifs is 1. The minimum atomic E-state index is -0.291. The molecule has 0 unspecified atom stereocenters. The third-order valence-corrected chi connectivity index (χ3v) is 5.85. The smallest absolute Gasteiger partial charge is 0.286 e. The number of aromatic nitrogens is 2. The van der Waals surface area contributed by atoms with Gasteiger partial charge in [0, 0.05) is 4.47 Å². The number of hydrogen-bond donors (Lipinski definition) is 3. The molecule has 0 atom stereocenters. The van der Waals surface area contributed by atoms with Crippen LogP contribution in [0.3, 0.4) is 0 Å². The number of halogens is 1. The Morgan fingerprint density at radius 1 is 1.26 bits per heavy atom. The summed E-state index contributed by atoms with van der Waals surface area (Å²) in [5.74, 6) is -0.0521. The Kier molecular flexibility index (Phi) is 6.21. The Morgan fingerprint density at radius 3 is 2.84 bits per heavy atom. The molecule has 3 N–H and O–H groups in total. The van der Waals surface area contributed by atoms with Crippen LogP contribution in [0.4, 0.5) is 11.6 Å². The van der Waals surface area contributed by atoms with Crippen molar-refractivity contribution >= 4 is 73.4 Å². The second kappa shape index (κ2) is 9.04. The van der Waals surface area contributed by atoms with Crippen molar-refractivity contribution in [3.05, 3.63) is 57.4 Å². The molecule has 10 heteroatoms. The van der Waals surface area contributed by atoms with Crippen molar-refractivity contribution in [1.82, 2.24) is 14.9 Å². The summed E-state index contributed by atoms with van der Waals surface area (Å²) in [7, 11) is 3.65. The lowest BCUT2D eigenvalue weighted by Gasteiger charge is -2.07. The predicted octanol–water partition coefficient (Wildman–Crippen LogP) is 3.91. The highest BCUT2D eigenvalue weighted by Gasteiger charge is 2.22. The predicted molar refractivity (Wildman–Crippen MR) is 129 cm³/mol. The zero-order valence-electron chi connectivity index (χ0n) is 16.8. The van der Waals surface area contributed by atoms with Crippen LogP contribution >= 0.6 is 27.7 Å². The number of rotatable bonds is 5. The van der Waals surface area contributed by atoms with E-state index in [-0.39, 0.29) is 18.4 Å². The van der Waals surface area contributed by atoms with Crippen LogP contribution in [-0.2, 0) is 9.59 Å². The van der Waals surface area contributed by atoms with Crippen LogP contribution in [-0.4, -0.2) is 52.5 Å². The van der Waals surface area contributed by atoms with E-state index < -0.39 is 0 Å². The van der Waals surface area contributed by atoms with Gasteiger partial charge in [0.15, 0.2) is 5.17 Å². The number of nitrogens with one attached hydrogen (secondary N) is 3. The van der Waals surface area contributed by atoms with Gasteiger partial charge in [-0.15, -0.1) is 0 Å². The normalized spacial score (nSPS) is 15.0. The van der Waals surface area contributed by atoms with E-state index in [2.05, 4.69) is 41.5 Å². The second-order valence-corrected chi connectivity index (χ2v) is 8.97. The molecule has 0 spiro atoms. The Balaban J connectivity index is 1.48. The number of carbonyl (C=O) groups excluding carboxylic acids is 2. The number of para-hydroxylation sites is 1. The first kappa shape index (κ1) is 21.3. The Labute approximate surface area is 191 Å². The first-order valence-electron chi connectivity index (χ1n) is 9.36. The zero-order chi connectivity index (χ0) is 22.0. The van der Waals surface area contributed by atoms with Crippen LogP contribution in [0.1, 0.15) is 5.56 Å². The number of aromatic amines is 1. The first-order valence-corrected chi connectivity index (χ1v) is 11.0. The molecule has 1 aliphatic heterocycles. The van der Waals surface area contributed by atoms with E-state index in [1.807, 2.05) is 56.6 Å². The maximum atomic E-state index is 12.3. The Bertz CT molecular complexity index is 1230. The molecule has 2 heterocycles. The average molecular weight is 499 g/mol. The fraction of sp³-hybridized carbons (Fsp3) is 0.143. The van der Waals surface area contributed by atoms with E-state index in [4.69, 9.17) is 0 Å². The van der Waals surface area contributed by atoms with Crippen molar-refractivity contribution < 1.29 is 9.59 Å². The number of aliphatic imine (C=N–C) groups is 1. The monoisotopic (exact) mass is 498 g/mol. The summed E-state index contributed by atoms with van der Waals surface area (Å²) in [4.78, 5) is 38.1. The number of H-pyrrole nitrogens is 1. The van der Waals surface area contributed by atoms with E-state index in [0.717, 1.165) is 26.8 Å². The number of likely N-dealkylation sites (N-methyl/N-ethyl adjacent to an activating group) is 1. The number of benzene rings is 2. The Hall–Kier alpha value is -2.95. The number of nitrogens with zero attached hydrogens (tertiary/aromatic N) is 3. The quantitative estimate of drug-likeness (QED) is 0.461. The van der Waals surface area contributed by atoms with Crippen LogP contribution in [0.15, 0.2) is 56.8 Å². The van der Waals surface area contributed by atoms with E-state index in [1.165, 1.54) is 11.8 Å². The molecule has 31 heavy (non-hydrogen) atoms. The molecular weight excluding hydrogens is 480 g/mol. The molecular formula is C21H19BrN6O2S. The zero-order valence-corrected chi connectivity index (χ0v) is 19.2. The van der Waals surface area contributed by atoms with Crippen molar-refractivity contribution in [2.24, 2.45) is 4.99 Å². The average Bonchev–Trinajstić information content (AvgIpc) is 3.25. The summed E-state index contributed by atoms with van der Waals surface area (Å²) < 4.78 is 0.890. The molecule has 1 aromatic heterocycles. The van der Waals surface area contributed by atoms with E-state index >= 15 is 0 Å². The van der Waals surface area contributed by atoms with Gasteiger partial charge in [0.2, 0.25) is 11.9 Å². The number of thioether (sulfide) groups is 1. The van der Waals surface area contributed by atoms with Gasteiger partial charge in [0.1, 0.15) is 0 Å². The van der Waals surface area contributed by atoms with Crippen LogP contribution in [0, 0.1) is 0 Å². The fourth-order valence-corrected chi connectivity index (χ4v) is 4.14. The molecule has 4 rings (SSSR count). The molecule has 0 saturated carbocycles. The molecule has 0 aliphatic carbocycles. The summed E-state index contributed by atoms with van der Waals surface area (Å²) in [5.41, 5.74) is 3.15. The van der Waals surface area contributed by atoms with Crippen LogP contribution in [0.2, 0.25) is 0 Å². The summed E-state index contributed by atoms with van der Waals surface area (Å²) in [5, 5.41) is 6.43. The van der Waals surface area contributed by atoms with Gasteiger partial charge in [-0.1, -0.05) is 18.2 Å². The number of carbonyl (C=O) groups is 2. The van der Waals surface area contributed by atoms with Gasteiger partial charge in [0.25, 0.3) is 5.91 Å². The molecule has 0 fully saturated rings. The number of anilines is 2. The minimum absolute atomic E-state index is 0.151. The third kappa shape index (κ3) is 5.22. The largest absolute Gasteiger partial charge is 0.333 e. The topological polar surface area (TPSA) is 102 Å². The lowest BCUT2D eigenvalue weighted by atomic mass is 10.2. The maximum Gasteiger partial charge on any atom is 0.286 e. The SMILES string of the molecule is CN(C)CC(=O)Nc1nc2ccc(/C=C3\SC(Nc4ccccc4Br)=NC3=O)cc2[nH]1. The van der Waals surface area contributed by atoms with E-state index in [1.54, 1.807) is 11.0 Å². The van der Waals surface area contributed by atoms with Crippen molar-refractivity contribution in [3.8, 4) is 0 Å². The van der Waals surface area contributed by atoms with Crippen molar-refractivity contribution in [2.75, 3.05) is 31.3 Å². The van der Waals surface area contributed by atoms with Crippen molar-refractivity contribution in [2.45, 2.75) is 0 Å². The molecule has 0 radical (unpaired) electrons. The molecule has 158 valence electrons. The number of amides is 2. The summed E-state index contributed by atoms with van der Waals surface area (Å²) in [6.45, 7) is 0.268. The highest BCUT2D eigenvalue weighted by molar-refractivity contribution is 9.10. The number of hydrogen-bond acceptors (Lipinski definition) is 6. The summed E-state index contributed by atoms with van der Waals surface area (Å²) in [6, 6.07) is 13.2. The van der Waals surface area contributed by atoms with Crippen molar-refractivity contribution in [3.63, 3.8) is 0 Å². The van der Waals surface area contributed by atoms with Gasteiger partial charge in [-0.05, 0) is 77.7 Å². The molecule has 0 saturated heterocycles. The van der Waals surface area contributed by atoms with Gasteiger partial charge in [-0.3, -0.25) is 14.9 Å². The molecule has 2 aromatic carbocycles.